The Kier molecular flexibility index (Phi) is 6.40. The third-order valence-electron chi connectivity index (χ3n) is 5.93. The summed E-state index contributed by atoms with van der Waals surface area (Å²) in [5.74, 6) is 0.134. The molecule has 0 spiro atoms. The molecule has 1 amide bonds. The van der Waals surface area contributed by atoms with Gasteiger partial charge in [0.1, 0.15) is 11.6 Å². The number of hydrogen-bond acceptors (Lipinski definition) is 3. The van der Waals surface area contributed by atoms with Gasteiger partial charge in [0.25, 0.3) is 0 Å². The molecule has 1 unspecified atom stereocenters. The van der Waals surface area contributed by atoms with E-state index >= 15 is 0 Å². The lowest BCUT2D eigenvalue weighted by Crippen LogP contribution is -2.40. The first-order valence-electron chi connectivity index (χ1n) is 10.5. The second-order valence-electron chi connectivity index (χ2n) is 7.79. The van der Waals surface area contributed by atoms with E-state index in [0.717, 1.165) is 34.9 Å². The summed E-state index contributed by atoms with van der Waals surface area (Å²) in [7, 11) is 3.18. The van der Waals surface area contributed by atoms with Gasteiger partial charge in [0.05, 0.1) is 20.3 Å². The number of carbonyl (C=O) groups is 1. The van der Waals surface area contributed by atoms with Crippen molar-refractivity contribution in [3.05, 3.63) is 94.6 Å². The SMILES string of the molecule is COc1cc2c(cc1OC)C(c1ccccc1)N(C(=O)CCc1cc(F)ccc1F)CC2. The third kappa shape index (κ3) is 4.31. The number of methoxy groups -OCH3 is 2. The smallest absolute Gasteiger partial charge is 0.223 e. The van der Waals surface area contributed by atoms with Gasteiger partial charge in [-0.1, -0.05) is 30.3 Å². The van der Waals surface area contributed by atoms with E-state index < -0.39 is 11.6 Å². The molecule has 3 aromatic rings. The van der Waals surface area contributed by atoms with E-state index in [1.54, 1.807) is 14.2 Å². The number of aryl methyl sites for hydroxylation is 1. The highest BCUT2D eigenvalue weighted by molar-refractivity contribution is 5.78. The van der Waals surface area contributed by atoms with Gasteiger partial charge < -0.3 is 14.4 Å². The van der Waals surface area contributed by atoms with Crippen molar-refractivity contribution in [3.63, 3.8) is 0 Å². The van der Waals surface area contributed by atoms with E-state index in [2.05, 4.69) is 0 Å². The molecule has 0 saturated heterocycles. The summed E-state index contributed by atoms with van der Waals surface area (Å²) >= 11 is 0. The highest BCUT2D eigenvalue weighted by Gasteiger charge is 2.33. The molecule has 0 saturated carbocycles. The molecule has 4 nitrogen and oxygen atoms in total. The Hall–Kier alpha value is -3.41. The van der Waals surface area contributed by atoms with Crippen LogP contribution < -0.4 is 9.47 Å². The Bertz CT molecular complexity index is 1120. The quantitative estimate of drug-likeness (QED) is 0.539. The second kappa shape index (κ2) is 9.39. The van der Waals surface area contributed by atoms with Crippen LogP contribution >= 0.6 is 0 Å². The van der Waals surface area contributed by atoms with Crippen LogP contribution in [0.1, 0.15) is 34.7 Å². The summed E-state index contributed by atoms with van der Waals surface area (Å²) in [5.41, 5.74) is 3.26. The summed E-state index contributed by atoms with van der Waals surface area (Å²) in [6.07, 6.45) is 0.893. The maximum atomic E-state index is 14.0. The molecule has 0 bridgehead atoms. The molecule has 4 rings (SSSR count). The van der Waals surface area contributed by atoms with Gasteiger partial charge in [0, 0.05) is 13.0 Å². The molecule has 32 heavy (non-hydrogen) atoms. The second-order valence-corrected chi connectivity index (χ2v) is 7.79. The number of rotatable bonds is 6. The zero-order valence-electron chi connectivity index (χ0n) is 18.1. The number of ether oxygens (including phenoxy) is 2. The van der Waals surface area contributed by atoms with Gasteiger partial charge in [0.2, 0.25) is 5.91 Å². The summed E-state index contributed by atoms with van der Waals surface area (Å²) in [6.45, 7) is 0.520. The molecule has 1 heterocycles. The summed E-state index contributed by atoms with van der Waals surface area (Å²) in [5, 5.41) is 0. The van der Waals surface area contributed by atoms with E-state index in [0.29, 0.717) is 24.5 Å². The molecule has 0 N–H and O–H groups in total. The van der Waals surface area contributed by atoms with Gasteiger partial charge in [-0.15, -0.1) is 0 Å². The Labute approximate surface area is 186 Å². The lowest BCUT2D eigenvalue weighted by molar-refractivity contribution is -0.133. The average Bonchev–Trinajstić information content (AvgIpc) is 2.83. The molecule has 1 aliphatic heterocycles. The maximum Gasteiger partial charge on any atom is 0.223 e. The fourth-order valence-electron chi connectivity index (χ4n) is 4.33. The Morgan fingerprint density at radius 3 is 2.44 bits per heavy atom. The molecule has 6 heteroatoms. The molecule has 0 aliphatic carbocycles. The van der Waals surface area contributed by atoms with Crippen LogP contribution in [0.5, 0.6) is 11.5 Å². The molecule has 0 aromatic heterocycles. The van der Waals surface area contributed by atoms with Crippen molar-refractivity contribution in [1.29, 1.82) is 0 Å². The highest BCUT2D eigenvalue weighted by atomic mass is 19.1. The molecule has 0 radical (unpaired) electrons. The first-order chi connectivity index (χ1) is 15.5. The summed E-state index contributed by atoms with van der Waals surface area (Å²) in [6, 6.07) is 16.7. The van der Waals surface area contributed by atoms with Gasteiger partial charge in [-0.3, -0.25) is 4.79 Å². The van der Waals surface area contributed by atoms with E-state index in [4.69, 9.17) is 9.47 Å². The normalized spacial score (nSPS) is 15.2. The number of benzene rings is 3. The predicted molar refractivity (Wildman–Crippen MR) is 118 cm³/mol. The molecule has 1 aliphatic rings. The van der Waals surface area contributed by atoms with Crippen LogP contribution in [0.4, 0.5) is 8.78 Å². The Morgan fingerprint density at radius 2 is 1.72 bits per heavy atom. The summed E-state index contributed by atoms with van der Waals surface area (Å²) < 4.78 is 38.5. The topological polar surface area (TPSA) is 38.8 Å². The van der Waals surface area contributed by atoms with E-state index in [-0.39, 0.29) is 30.4 Å². The van der Waals surface area contributed by atoms with Crippen molar-refractivity contribution >= 4 is 5.91 Å². The lowest BCUT2D eigenvalue weighted by atomic mass is 9.87. The van der Waals surface area contributed by atoms with Crippen LogP contribution in [0.25, 0.3) is 0 Å². The average molecular weight is 437 g/mol. The Morgan fingerprint density at radius 1 is 1.00 bits per heavy atom. The Balaban J connectivity index is 1.67. The molecule has 1 atom stereocenters. The molecule has 0 fully saturated rings. The van der Waals surface area contributed by atoms with Gasteiger partial charge >= 0.3 is 0 Å². The van der Waals surface area contributed by atoms with Crippen molar-refractivity contribution in [3.8, 4) is 11.5 Å². The minimum atomic E-state index is -0.510. The molecule has 3 aromatic carbocycles. The maximum absolute atomic E-state index is 14.0. The van der Waals surface area contributed by atoms with Crippen molar-refractivity contribution in [2.75, 3.05) is 20.8 Å². The van der Waals surface area contributed by atoms with Crippen LogP contribution in [-0.2, 0) is 17.6 Å². The molecular formula is C26H25F2NO3. The highest BCUT2D eigenvalue weighted by Crippen LogP contribution is 2.41. The first kappa shape index (κ1) is 21.8. The number of hydrogen-bond donors (Lipinski definition) is 0. The van der Waals surface area contributed by atoms with Crippen molar-refractivity contribution in [2.24, 2.45) is 0 Å². The zero-order chi connectivity index (χ0) is 22.7. The summed E-state index contributed by atoms with van der Waals surface area (Å²) in [4.78, 5) is 15.1. The largest absolute Gasteiger partial charge is 0.493 e. The van der Waals surface area contributed by atoms with E-state index in [1.165, 1.54) is 0 Å². The standard InChI is InChI=1S/C26H25F2NO3/c1-31-23-15-18-12-13-29(25(30)11-8-19-14-20(27)9-10-22(19)28)26(17-6-4-3-5-7-17)21(18)16-24(23)32-2/h3-7,9-10,14-16,26H,8,11-13H2,1-2H3. The number of halogens is 2. The van der Waals surface area contributed by atoms with E-state index in [1.807, 2.05) is 47.4 Å². The van der Waals surface area contributed by atoms with Crippen LogP contribution in [-0.4, -0.2) is 31.6 Å². The fraction of sp³-hybridized carbons (Fsp3) is 0.269. The van der Waals surface area contributed by atoms with Crippen molar-refractivity contribution in [2.45, 2.75) is 25.3 Å². The molecule has 166 valence electrons. The number of carbonyl (C=O) groups excluding carboxylic acids is 1. The van der Waals surface area contributed by atoms with Crippen molar-refractivity contribution in [1.82, 2.24) is 4.90 Å². The van der Waals surface area contributed by atoms with Gasteiger partial charge in [-0.25, -0.2) is 8.78 Å². The first-order valence-corrected chi connectivity index (χ1v) is 10.5. The molecular weight excluding hydrogens is 412 g/mol. The van der Waals surface area contributed by atoms with Crippen LogP contribution in [0.3, 0.4) is 0 Å². The minimum Gasteiger partial charge on any atom is -0.493 e. The van der Waals surface area contributed by atoms with Crippen LogP contribution in [0, 0.1) is 11.6 Å². The van der Waals surface area contributed by atoms with Gasteiger partial charge in [-0.05, 0) is 65.4 Å². The third-order valence-corrected chi connectivity index (χ3v) is 5.93. The van der Waals surface area contributed by atoms with Crippen LogP contribution in [0.15, 0.2) is 60.7 Å². The number of amides is 1. The number of nitrogens with zero attached hydrogens (tertiary/aromatic N) is 1. The van der Waals surface area contributed by atoms with E-state index in [9.17, 15) is 13.6 Å². The minimum absolute atomic E-state index is 0.0896. The predicted octanol–water partition coefficient (Wildman–Crippen LogP) is 5.09. The monoisotopic (exact) mass is 437 g/mol. The fourth-order valence-corrected chi connectivity index (χ4v) is 4.33. The van der Waals surface area contributed by atoms with Gasteiger partial charge in [0.15, 0.2) is 11.5 Å². The zero-order valence-corrected chi connectivity index (χ0v) is 18.1. The van der Waals surface area contributed by atoms with Crippen LogP contribution in [0.2, 0.25) is 0 Å². The number of fused-ring (bicyclic) bond motifs is 1. The van der Waals surface area contributed by atoms with Gasteiger partial charge in [-0.2, -0.15) is 0 Å². The van der Waals surface area contributed by atoms with Crippen molar-refractivity contribution < 1.29 is 23.0 Å². The lowest BCUT2D eigenvalue weighted by Gasteiger charge is -2.38.